The number of fused-ring (bicyclic) bond motifs is 1. The molecule has 180 valence electrons. The van der Waals surface area contributed by atoms with Gasteiger partial charge in [0.05, 0.1) is 11.4 Å². The zero-order chi connectivity index (χ0) is 24.3. The molecule has 0 bridgehead atoms. The lowest BCUT2D eigenvalue weighted by Gasteiger charge is -2.14. The van der Waals surface area contributed by atoms with Crippen LogP contribution in [0, 0.1) is 5.82 Å². The number of amides is 1. The predicted molar refractivity (Wildman–Crippen MR) is 129 cm³/mol. The lowest BCUT2D eigenvalue weighted by molar-refractivity contribution is 0.0944. The molecule has 0 radical (unpaired) electrons. The Morgan fingerprint density at radius 2 is 1.68 bits per heavy atom. The van der Waals surface area contributed by atoms with Crippen LogP contribution < -0.4 is 10.0 Å². The Balaban J connectivity index is 1.46. The maximum Gasteiger partial charge on any atom is 0.272 e. The van der Waals surface area contributed by atoms with Crippen molar-refractivity contribution in [3.8, 4) is 5.69 Å². The highest BCUT2D eigenvalue weighted by Crippen LogP contribution is 2.27. The monoisotopic (exact) mass is 484 g/mol. The zero-order valence-corrected chi connectivity index (χ0v) is 20.2. The Bertz CT molecular complexity index is 1270. The normalized spacial score (nSPS) is 13.6. The predicted octanol–water partition coefficient (Wildman–Crippen LogP) is 3.65. The molecule has 7 nitrogen and oxygen atoms in total. The Morgan fingerprint density at radius 3 is 2.35 bits per heavy atom. The van der Waals surface area contributed by atoms with Crippen LogP contribution >= 0.6 is 0 Å². The Hall–Kier alpha value is -3.04. The van der Waals surface area contributed by atoms with Gasteiger partial charge in [0.15, 0.2) is 5.69 Å². The number of carbonyl (C=O) groups excluding carboxylic acids is 1. The molecule has 0 aliphatic heterocycles. The summed E-state index contributed by atoms with van der Waals surface area (Å²) in [5.41, 5.74) is 4.63. The highest BCUT2D eigenvalue weighted by Gasteiger charge is 2.25. The fourth-order valence-electron chi connectivity index (χ4n) is 4.22. The van der Waals surface area contributed by atoms with Gasteiger partial charge in [-0.15, -0.1) is 0 Å². The summed E-state index contributed by atoms with van der Waals surface area (Å²) in [5.74, 6) is -0.667. The fraction of sp³-hybridized carbons (Fsp3) is 0.360. The van der Waals surface area contributed by atoms with Gasteiger partial charge >= 0.3 is 0 Å². The first-order valence-electron chi connectivity index (χ1n) is 11.4. The average Bonchev–Trinajstić information content (AvgIpc) is 3.18. The van der Waals surface area contributed by atoms with Crippen LogP contribution in [0.1, 0.15) is 59.6 Å². The molecule has 9 heteroatoms. The zero-order valence-electron chi connectivity index (χ0n) is 19.3. The van der Waals surface area contributed by atoms with Crippen molar-refractivity contribution in [2.75, 3.05) is 0 Å². The minimum absolute atomic E-state index is 0.0925. The Kier molecular flexibility index (Phi) is 7.13. The summed E-state index contributed by atoms with van der Waals surface area (Å²) in [4.78, 5) is 13.0. The number of halogens is 1. The van der Waals surface area contributed by atoms with E-state index in [4.69, 9.17) is 0 Å². The molecule has 0 atom stereocenters. The number of carbonyl (C=O) groups is 1. The number of hydrogen-bond donors (Lipinski definition) is 2. The van der Waals surface area contributed by atoms with Gasteiger partial charge in [0.2, 0.25) is 10.0 Å². The molecule has 0 saturated heterocycles. The van der Waals surface area contributed by atoms with Gasteiger partial charge in [-0.3, -0.25) is 4.79 Å². The quantitative estimate of drug-likeness (QED) is 0.511. The molecule has 1 aromatic heterocycles. The summed E-state index contributed by atoms with van der Waals surface area (Å²) < 4.78 is 41.9. The molecule has 3 aromatic rings. The molecule has 0 saturated carbocycles. The highest BCUT2D eigenvalue weighted by atomic mass is 32.2. The number of hydrogen-bond acceptors (Lipinski definition) is 4. The van der Waals surface area contributed by atoms with Crippen LogP contribution in [-0.4, -0.2) is 30.1 Å². The third-order valence-electron chi connectivity index (χ3n) is 5.71. The van der Waals surface area contributed by atoms with Crippen LogP contribution in [0.4, 0.5) is 4.39 Å². The largest absolute Gasteiger partial charge is 0.347 e. The summed E-state index contributed by atoms with van der Waals surface area (Å²) in [7, 11) is -3.39. The standard InChI is InChI=1S/C25H29FN4O3S/c1-17(2)29-34(32,33)16-19-9-7-18(8-10-19)15-27-25(31)24-22-5-3-4-6-23(22)30(28-24)21-13-11-20(26)12-14-21/h7-14,17,29H,3-6,15-16H2,1-2H3,(H,27,31). The maximum absolute atomic E-state index is 13.4. The third kappa shape index (κ3) is 5.71. The Morgan fingerprint density at radius 1 is 1.03 bits per heavy atom. The van der Waals surface area contributed by atoms with Crippen molar-refractivity contribution in [1.82, 2.24) is 19.8 Å². The molecule has 1 aliphatic carbocycles. The van der Waals surface area contributed by atoms with Gasteiger partial charge in [-0.25, -0.2) is 22.2 Å². The van der Waals surface area contributed by atoms with Gasteiger partial charge in [0, 0.05) is 23.8 Å². The van der Waals surface area contributed by atoms with E-state index in [0.29, 0.717) is 17.8 Å². The van der Waals surface area contributed by atoms with E-state index in [0.717, 1.165) is 48.2 Å². The van der Waals surface area contributed by atoms with Crippen molar-refractivity contribution in [3.05, 3.63) is 82.4 Å². The van der Waals surface area contributed by atoms with Crippen molar-refractivity contribution in [3.63, 3.8) is 0 Å². The molecular formula is C25H29FN4O3S. The fourth-order valence-corrected chi connectivity index (χ4v) is 5.65. The molecular weight excluding hydrogens is 455 g/mol. The summed E-state index contributed by atoms with van der Waals surface area (Å²) in [6, 6.07) is 13.1. The SMILES string of the molecule is CC(C)NS(=O)(=O)Cc1ccc(CNC(=O)c2nn(-c3ccc(F)cc3)c3c2CCCC3)cc1. The summed E-state index contributed by atoms with van der Waals surface area (Å²) in [5, 5.41) is 7.52. The van der Waals surface area contributed by atoms with Crippen molar-refractivity contribution in [1.29, 1.82) is 0 Å². The van der Waals surface area contributed by atoms with Crippen molar-refractivity contribution >= 4 is 15.9 Å². The molecule has 34 heavy (non-hydrogen) atoms. The van der Waals surface area contributed by atoms with E-state index in [2.05, 4.69) is 15.1 Å². The molecule has 4 rings (SSSR count). The molecule has 2 N–H and O–H groups in total. The van der Waals surface area contributed by atoms with Crippen LogP contribution in [-0.2, 0) is 35.2 Å². The first-order valence-corrected chi connectivity index (χ1v) is 13.1. The van der Waals surface area contributed by atoms with Crippen LogP contribution in [0.25, 0.3) is 5.69 Å². The molecule has 1 heterocycles. The van der Waals surface area contributed by atoms with Crippen LogP contribution in [0.5, 0.6) is 0 Å². The number of benzene rings is 2. The van der Waals surface area contributed by atoms with E-state index in [-0.39, 0.29) is 23.5 Å². The second kappa shape index (κ2) is 10.1. The Labute approximate surface area is 199 Å². The summed E-state index contributed by atoms with van der Waals surface area (Å²) in [6.07, 6.45) is 3.63. The highest BCUT2D eigenvalue weighted by molar-refractivity contribution is 7.88. The van der Waals surface area contributed by atoms with Crippen LogP contribution in [0.15, 0.2) is 48.5 Å². The molecule has 1 amide bonds. The average molecular weight is 485 g/mol. The second-order valence-corrected chi connectivity index (χ2v) is 10.7. The number of nitrogens with zero attached hydrogens (tertiary/aromatic N) is 2. The molecule has 0 unspecified atom stereocenters. The van der Waals surface area contributed by atoms with Crippen LogP contribution in [0.2, 0.25) is 0 Å². The van der Waals surface area contributed by atoms with Crippen LogP contribution in [0.3, 0.4) is 0 Å². The maximum atomic E-state index is 13.4. The molecule has 2 aromatic carbocycles. The summed E-state index contributed by atoms with van der Waals surface area (Å²) >= 11 is 0. The lowest BCUT2D eigenvalue weighted by atomic mass is 9.95. The van der Waals surface area contributed by atoms with E-state index in [1.54, 1.807) is 42.8 Å². The number of nitrogens with one attached hydrogen (secondary N) is 2. The van der Waals surface area contributed by atoms with E-state index >= 15 is 0 Å². The first-order chi connectivity index (χ1) is 16.2. The third-order valence-corrected chi connectivity index (χ3v) is 7.26. The smallest absolute Gasteiger partial charge is 0.272 e. The van der Waals surface area contributed by atoms with Crippen molar-refractivity contribution < 1.29 is 17.6 Å². The molecule has 1 aliphatic rings. The van der Waals surface area contributed by atoms with Crippen molar-refractivity contribution in [2.45, 2.75) is 57.9 Å². The van der Waals surface area contributed by atoms with Crippen molar-refractivity contribution in [2.24, 2.45) is 0 Å². The topological polar surface area (TPSA) is 93.1 Å². The van der Waals surface area contributed by atoms with Gasteiger partial charge in [0.1, 0.15) is 5.82 Å². The van der Waals surface area contributed by atoms with Gasteiger partial charge in [-0.2, -0.15) is 5.10 Å². The minimum atomic E-state index is -3.39. The van der Waals surface area contributed by atoms with E-state index in [1.165, 1.54) is 12.1 Å². The lowest BCUT2D eigenvalue weighted by Crippen LogP contribution is -2.31. The molecule has 0 spiro atoms. The van der Waals surface area contributed by atoms with Gasteiger partial charge in [-0.05, 0) is 74.9 Å². The van der Waals surface area contributed by atoms with Gasteiger partial charge in [-0.1, -0.05) is 24.3 Å². The summed E-state index contributed by atoms with van der Waals surface area (Å²) in [6.45, 7) is 3.86. The first kappa shape index (κ1) is 24.1. The number of sulfonamides is 1. The van der Waals surface area contributed by atoms with E-state index in [1.807, 2.05) is 12.1 Å². The minimum Gasteiger partial charge on any atom is -0.347 e. The van der Waals surface area contributed by atoms with E-state index < -0.39 is 10.0 Å². The van der Waals surface area contributed by atoms with Gasteiger partial charge in [0.25, 0.3) is 5.91 Å². The second-order valence-electron chi connectivity index (χ2n) is 8.90. The number of aromatic nitrogens is 2. The molecule has 0 fully saturated rings. The van der Waals surface area contributed by atoms with Gasteiger partial charge < -0.3 is 5.32 Å². The number of rotatable bonds is 8. The van der Waals surface area contributed by atoms with E-state index in [9.17, 15) is 17.6 Å².